The molecular formula is C36H69NO7P+. The fourth-order valence-electron chi connectivity index (χ4n) is 4.45. The van der Waals surface area contributed by atoms with E-state index in [2.05, 4.69) is 50.3 Å². The summed E-state index contributed by atoms with van der Waals surface area (Å²) in [6.45, 7) is 5.43. The van der Waals surface area contributed by atoms with E-state index in [9.17, 15) is 14.3 Å². The van der Waals surface area contributed by atoms with Gasteiger partial charge in [0.05, 0.1) is 34.4 Å². The molecule has 45 heavy (non-hydrogen) atoms. The first-order chi connectivity index (χ1) is 21.6. The molecule has 0 amide bonds. The summed E-state index contributed by atoms with van der Waals surface area (Å²) in [5.41, 5.74) is 0. The van der Waals surface area contributed by atoms with E-state index >= 15 is 0 Å². The average Bonchev–Trinajstić information content (AvgIpc) is 2.98. The highest BCUT2D eigenvalue weighted by molar-refractivity contribution is 7.47. The van der Waals surface area contributed by atoms with Gasteiger partial charge in [-0.3, -0.25) is 13.8 Å². The Morgan fingerprint density at radius 2 is 1.29 bits per heavy atom. The molecular weight excluding hydrogens is 589 g/mol. The Morgan fingerprint density at radius 3 is 1.93 bits per heavy atom. The normalized spacial score (nSPS) is 14.5. The predicted molar refractivity (Wildman–Crippen MR) is 187 cm³/mol. The van der Waals surface area contributed by atoms with Crippen molar-refractivity contribution in [1.29, 1.82) is 0 Å². The Labute approximate surface area is 276 Å². The maximum absolute atomic E-state index is 12.5. The molecule has 0 heterocycles. The van der Waals surface area contributed by atoms with E-state index in [4.69, 9.17) is 18.5 Å². The summed E-state index contributed by atoms with van der Waals surface area (Å²) in [7, 11) is 1.65. The van der Waals surface area contributed by atoms with Crippen LogP contribution < -0.4 is 0 Å². The number of likely N-dealkylation sites (N-methyl/N-ethyl adjacent to an activating group) is 1. The zero-order valence-electron chi connectivity index (χ0n) is 29.6. The number of allylic oxidation sites excluding steroid dienone is 6. The minimum atomic E-state index is -4.26. The van der Waals surface area contributed by atoms with Gasteiger partial charge < -0.3 is 18.9 Å². The number of hydrogen-bond acceptors (Lipinski definition) is 6. The molecule has 2 unspecified atom stereocenters. The Bertz CT molecular complexity index is 823. The second-order valence-corrected chi connectivity index (χ2v) is 14.3. The number of quaternary nitrogens is 1. The number of phosphoric acid groups is 1. The van der Waals surface area contributed by atoms with Crippen LogP contribution in [0.15, 0.2) is 36.5 Å². The monoisotopic (exact) mass is 658 g/mol. The lowest BCUT2D eigenvalue weighted by atomic mass is 10.1. The zero-order chi connectivity index (χ0) is 33.5. The van der Waals surface area contributed by atoms with Crippen molar-refractivity contribution in [3.8, 4) is 0 Å². The molecule has 0 fully saturated rings. The van der Waals surface area contributed by atoms with Gasteiger partial charge in [-0.15, -0.1) is 0 Å². The largest absolute Gasteiger partial charge is 0.472 e. The molecule has 0 rings (SSSR count). The Morgan fingerprint density at radius 1 is 0.711 bits per heavy atom. The number of nitrogens with zero attached hydrogens (tertiary/aromatic N) is 1. The van der Waals surface area contributed by atoms with Gasteiger partial charge in [-0.1, -0.05) is 115 Å². The van der Waals surface area contributed by atoms with E-state index in [0.717, 1.165) is 57.8 Å². The molecule has 0 aromatic heterocycles. The number of carbonyl (C=O) groups is 1. The molecule has 8 nitrogen and oxygen atoms in total. The van der Waals surface area contributed by atoms with E-state index in [0.29, 0.717) is 24.1 Å². The summed E-state index contributed by atoms with van der Waals surface area (Å²) in [6, 6.07) is 0. The molecule has 0 bridgehead atoms. The highest BCUT2D eigenvalue weighted by Gasteiger charge is 2.26. The minimum Gasteiger partial charge on any atom is -0.457 e. The third-order valence-electron chi connectivity index (χ3n) is 7.22. The number of esters is 1. The number of ether oxygens (including phenoxy) is 2. The molecule has 0 saturated carbocycles. The van der Waals surface area contributed by atoms with Crippen LogP contribution in [0.4, 0.5) is 0 Å². The highest BCUT2D eigenvalue weighted by atomic mass is 31.2. The third-order valence-corrected chi connectivity index (χ3v) is 8.20. The van der Waals surface area contributed by atoms with Gasteiger partial charge in [0.15, 0.2) is 0 Å². The van der Waals surface area contributed by atoms with E-state index in [1.165, 1.54) is 51.4 Å². The van der Waals surface area contributed by atoms with Crippen molar-refractivity contribution in [1.82, 2.24) is 0 Å². The molecule has 1 N–H and O–H groups in total. The maximum Gasteiger partial charge on any atom is 0.472 e. The third kappa shape index (κ3) is 33.9. The van der Waals surface area contributed by atoms with Crippen molar-refractivity contribution in [2.75, 3.05) is 54.1 Å². The van der Waals surface area contributed by atoms with Crippen LogP contribution in [0.1, 0.15) is 129 Å². The van der Waals surface area contributed by atoms with Crippen molar-refractivity contribution in [3.05, 3.63) is 36.5 Å². The standard InChI is InChI=1S/C36H68NO7P/c1-6-8-10-12-14-15-16-17-18-19-20-21-22-23-24-25-27-29-36(38)44-35(33-41-31-28-26-13-11-9-7-2)34-43-45(39,40)42-32-30-37(3,4)5/h8,10,14-15,17-18,35H,6-7,9,11-13,16,19-34H2,1-5H3/p+1/b10-8-,15-14-,18-17-. The lowest BCUT2D eigenvalue weighted by Crippen LogP contribution is -2.37. The fraction of sp³-hybridized carbons (Fsp3) is 0.806. The van der Waals surface area contributed by atoms with Crippen LogP contribution in [0.3, 0.4) is 0 Å². The summed E-state index contributed by atoms with van der Waals surface area (Å²) in [4.78, 5) is 22.6. The van der Waals surface area contributed by atoms with E-state index in [1.54, 1.807) is 0 Å². The van der Waals surface area contributed by atoms with E-state index in [1.807, 2.05) is 21.1 Å². The molecule has 0 radical (unpaired) electrons. The first-order valence-corrected chi connectivity index (χ1v) is 19.2. The molecule has 0 spiro atoms. The van der Waals surface area contributed by atoms with E-state index < -0.39 is 13.9 Å². The molecule has 0 saturated heterocycles. The number of hydrogen-bond donors (Lipinski definition) is 1. The topological polar surface area (TPSA) is 91.3 Å². The van der Waals surface area contributed by atoms with Crippen molar-refractivity contribution in [2.24, 2.45) is 0 Å². The number of phosphoric ester groups is 1. The molecule has 2 atom stereocenters. The van der Waals surface area contributed by atoms with Crippen molar-refractivity contribution in [3.63, 3.8) is 0 Å². The number of carbonyl (C=O) groups excluding carboxylic acids is 1. The van der Waals surface area contributed by atoms with Crippen molar-refractivity contribution >= 4 is 13.8 Å². The molecule has 0 aromatic carbocycles. The molecule has 0 aliphatic heterocycles. The van der Waals surface area contributed by atoms with Crippen LogP contribution in [0, 0.1) is 0 Å². The quantitative estimate of drug-likeness (QED) is 0.0253. The second-order valence-electron chi connectivity index (χ2n) is 12.9. The molecule has 9 heteroatoms. The zero-order valence-corrected chi connectivity index (χ0v) is 30.5. The van der Waals surface area contributed by atoms with Gasteiger partial charge in [0.1, 0.15) is 19.3 Å². The van der Waals surface area contributed by atoms with Crippen LogP contribution in [0.25, 0.3) is 0 Å². The summed E-state index contributed by atoms with van der Waals surface area (Å²) < 4.78 is 34.6. The average molecular weight is 659 g/mol. The van der Waals surface area contributed by atoms with Gasteiger partial charge in [-0.05, 0) is 44.9 Å². The molecule has 0 aliphatic rings. The molecule has 0 aromatic rings. The maximum atomic E-state index is 12.5. The Hall–Kier alpha value is -1.28. The van der Waals surface area contributed by atoms with Gasteiger partial charge in [-0.25, -0.2) is 4.57 Å². The van der Waals surface area contributed by atoms with Gasteiger partial charge in [-0.2, -0.15) is 0 Å². The fourth-order valence-corrected chi connectivity index (χ4v) is 5.19. The molecule has 264 valence electrons. The van der Waals surface area contributed by atoms with Gasteiger partial charge in [0.2, 0.25) is 0 Å². The SMILES string of the molecule is CC/C=C\C/C=C\C/C=C\CCCCCCCCCC(=O)OC(COCCCCCCCC)COP(=O)(O)OCC[N+](C)(C)C. The van der Waals surface area contributed by atoms with Crippen molar-refractivity contribution < 1.29 is 37.3 Å². The van der Waals surface area contributed by atoms with Crippen LogP contribution in [-0.2, 0) is 27.9 Å². The lowest BCUT2D eigenvalue weighted by molar-refractivity contribution is -0.870. The summed E-state index contributed by atoms with van der Waals surface area (Å²) in [6.07, 6.45) is 31.8. The lowest BCUT2D eigenvalue weighted by Gasteiger charge is -2.24. The highest BCUT2D eigenvalue weighted by Crippen LogP contribution is 2.43. The summed E-state index contributed by atoms with van der Waals surface area (Å²) in [5.74, 6) is -0.329. The summed E-state index contributed by atoms with van der Waals surface area (Å²) >= 11 is 0. The molecule has 0 aliphatic carbocycles. The number of unbranched alkanes of at least 4 members (excludes halogenated alkanes) is 12. The van der Waals surface area contributed by atoms with E-state index in [-0.39, 0.29) is 25.8 Å². The predicted octanol–water partition coefficient (Wildman–Crippen LogP) is 9.48. The number of rotatable bonds is 32. The van der Waals surface area contributed by atoms with Crippen LogP contribution >= 0.6 is 7.82 Å². The first kappa shape index (κ1) is 43.7. The Balaban J connectivity index is 4.23. The smallest absolute Gasteiger partial charge is 0.457 e. The summed E-state index contributed by atoms with van der Waals surface area (Å²) in [5, 5.41) is 0. The first-order valence-electron chi connectivity index (χ1n) is 17.7. The van der Waals surface area contributed by atoms with Crippen LogP contribution in [-0.4, -0.2) is 75.6 Å². The van der Waals surface area contributed by atoms with Gasteiger partial charge in [0.25, 0.3) is 0 Å². The minimum absolute atomic E-state index is 0.0861. The van der Waals surface area contributed by atoms with Gasteiger partial charge in [0, 0.05) is 13.0 Å². The van der Waals surface area contributed by atoms with Crippen molar-refractivity contribution in [2.45, 2.75) is 136 Å². The van der Waals surface area contributed by atoms with Gasteiger partial charge >= 0.3 is 13.8 Å². The van der Waals surface area contributed by atoms with Crippen LogP contribution in [0.5, 0.6) is 0 Å². The Kier molecular flexibility index (Phi) is 29.2. The van der Waals surface area contributed by atoms with Crippen LogP contribution in [0.2, 0.25) is 0 Å². The second kappa shape index (κ2) is 30.1.